The largest absolute Gasteiger partial charge is 0.508 e. The van der Waals surface area contributed by atoms with E-state index < -0.39 is 0 Å². The molecule has 4 heteroatoms. The Hall–Kier alpha value is -1.55. The van der Waals surface area contributed by atoms with Crippen LogP contribution in [0.2, 0.25) is 0 Å². The summed E-state index contributed by atoms with van der Waals surface area (Å²) < 4.78 is 0. The summed E-state index contributed by atoms with van der Waals surface area (Å²) in [6.45, 7) is 5.43. The number of aliphatic hydroxyl groups is 1. The summed E-state index contributed by atoms with van der Waals surface area (Å²) in [5, 5.41) is 19.3. The van der Waals surface area contributed by atoms with E-state index in [9.17, 15) is 15.0 Å². The van der Waals surface area contributed by atoms with Crippen molar-refractivity contribution in [1.29, 1.82) is 0 Å². The molecule has 1 aliphatic heterocycles. The number of likely N-dealkylation sites (tertiary alicyclic amines) is 1. The second-order valence-electron chi connectivity index (χ2n) is 6.47. The molecule has 1 fully saturated rings. The Morgan fingerprint density at radius 2 is 2.20 bits per heavy atom. The summed E-state index contributed by atoms with van der Waals surface area (Å²) in [6, 6.07) is 6.80. The van der Waals surface area contributed by atoms with Gasteiger partial charge >= 0.3 is 0 Å². The Bertz CT molecular complexity index is 484. The molecular formula is C16H23NO3. The molecule has 1 aromatic carbocycles. The fraction of sp³-hybridized carbons (Fsp3) is 0.562. The van der Waals surface area contributed by atoms with Gasteiger partial charge in [-0.15, -0.1) is 0 Å². The number of benzene rings is 1. The van der Waals surface area contributed by atoms with Crippen molar-refractivity contribution in [3.63, 3.8) is 0 Å². The monoisotopic (exact) mass is 277 g/mol. The van der Waals surface area contributed by atoms with E-state index in [4.69, 9.17) is 0 Å². The first-order chi connectivity index (χ1) is 9.35. The Morgan fingerprint density at radius 3 is 2.90 bits per heavy atom. The number of carbonyl (C=O) groups excluding carboxylic acids is 1. The number of nitrogens with zero attached hydrogens (tertiary/aromatic N) is 1. The van der Waals surface area contributed by atoms with E-state index in [1.165, 1.54) is 0 Å². The molecule has 0 saturated carbocycles. The van der Waals surface area contributed by atoms with Crippen molar-refractivity contribution in [2.24, 2.45) is 5.41 Å². The maximum absolute atomic E-state index is 12.4. The average molecular weight is 277 g/mol. The molecule has 1 atom stereocenters. The SMILES string of the molecule is CC1(C)CC(O)CCN(C(=O)Cc2cccc(O)c2)C1. The lowest BCUT2D eigenvalue weighted by Crippen LogP contribution is -2.38. The van der Waals surface area contributed by atoms with Crippen LogP contribution in [-0.2, 0) is 11.2 Å². The molecule has 20 heavy (non-hydrogen) atoms. The van der Waals surface area contributed by atoms with Crippen LogP contribution >= 0.6 is 0 Å². The molecule has 0 spiro atoms. The van der Waals surface area contributed by atoms with Gasteiger partial charge in [-0.2, -0.15) is 0 Å². The minimum absolute atomic E-state index is 0.0535. The molecule has 2 rings (SSSR count). The molecule has 0 aromatic heterocycles. The number of hydrogen-bond acceptors (Lipinski definition) is 3. The summed E-state index contributed by atoms with van der Waals surface area (Å²) in [6.07, 6.45) is 1.32. The van der Waals surface area contributed by atoms with Crippen molar-refractivity contribution in [2.45, 2.75) is 39.2 Å². The van der Waals surface area contributed by atoms with Crippen LogP contribution < -0.4 is 0 Å². The zero-order valence-corrected chi connectivity index (χ0v) is 12.2. The van der Waals surface area contributed by atoms with Crippen molar-refractivity contribution < 1.29 is 15.0 Å². The topological polar surface area (TPSA) is 60.8 Å². The van der Waals surface area contributed by atoms with Gasteiger partial charge in [0.25, 0.3) is 0 Å². The first-order valence-electron chi connectivity index (χ1n) is 7.09. The second kappa shape index (κ2) is 5.83. The molecule has 1 saturated heterocycles. The molecule has 1 aromatic rings. The number of hydrogen-bond donors (Lipinski definition) is 2. The van der Waals surface area contributed by atoms with E-state index in [0.717, 1.165) is 12.0 Å². The lowest BCUT2D eigenvalue weighted by molar-refractivity contribution is -0.131. The Labute approximate surface area is 120 Å². The summed E-state index contributed by atoms with van der Waals surface area (Å²) in [5.74, 6) is 0.236. The summed E-state index contributed by atoms with van der Waals surface area (Å²) in [5.41, 5.74) is 0.752. The smallest absolute Gasteiger partial charge is 0.227 e. The van der Waals surface area contributed by atoms with Gasteiger partial charge in [0.05, 0.1) is 12.5 Å². The van der Waals surface area contributed by atoms with E-state index in [1.807, 2.05) is 11.0 Å². The van der Waals surface area contributed by atoms with Crippen LogP contribution in [0, 0.1) is 5.41 Å². The number of phenols is 1. The molecule has 0 aliphatic carbocycles. The number of rotatable bonds is 2. The average Bonchev–Trinajstić information content (AvgIpc) is 2.46. The third kappa shape index (κ3) is 3.97. The van der Waals surface area contributed by atoms with Crippen LogP contribution in [0.5, 0.6) is 5.75 Å². The molecule has 1 aliphatic rings. The van der Waals surface area contributed by atoms with Crippen LogP contribution in [0.4, 0.5) is 0 Å². The maximum atomic E-state index is 12.4. The highest BCUT2D eigenvalue weighted by Gasteiger charge is 2.31. The highest BCUT2D eigenvalue weighted by Crippen LogP contribution is 2.28. The highest BCUT2D eigenvalue weighted by molar-refractivity contribution is 5.79. The zero-order chi connectivity index (χ0) is 14.8. The number of amides is 1. The van der Waals surface area contributed by atoms with Crippen molar-refractivity contribution in [2.75, 3.05) is 13.1 Å². The van der Waals surface area contributed by atoms with E-state index in [0.29, 0.717) is 25.9 Å². The molecule has 110 valence electrons. The standard InChI is InChI=1S/C16H23NO3/c1-16(2)10-14(19)6-7-17(11-16)15(20)9-12-4-3-5-13(18)8-12/h3-5,8,14,18-19H,6-7,9-11H2,1-2H3. The number of carbonyl (C=O) groups is 1. The highest BCUT2D eigenvalue weighted by atomic mass is 16.3. The van der Waals surface area contributed by atoms with E-state index in [-0.39, 0.29) is 23.2 Å². The lowest BCUT2D eigenvalue weighted by atomic mass is 9.87. The van der Waals surface area contributed by atoms with Crippen LogP contribution in [0.3, 0.4) is 0 Å². The molecule has 0 radical (unpaired) electrons. The Morgan fingerprint density at radius 1 is 1.45 bits per heavy atom. The second-order valence-corrected chi connectivity index (χ2v) is 6.47. The van der Waals surface area contributed by atoms with Gasteiger partial charge in [-0.1, -0.05) is 26.0 Å². The third-order valence-corrected chi connectivity index (χ3v) is 3.76. The number of phenolic OH excluding ortho intramolecular Hbond substituents is 1. The van der Waals surface area contributed by atoms with Gasteiger partial charge < -0.3 is 15.1 Å². The number of aromatic hydroxyl groups is 1. The lowest BCUT2D eigenvalue weighted by Gasteiger charge is -2.29. The first-order valence-corrected chi connectivity index (χ1v) is 7.09. The Kier molecular flexibility index (Phi) is 4.33. The quantitative estimate of drug-likeness (QED) is 0.868. The molecule has 1 amide bonds. The first kappa shape index (κ1) is 14.9. The van der Waals surface area contributed by atoms with E-state index in [2.05, 4.69) is 13.8 Å². The van der Waals surface area contributed by atoms with Gasteiger partial charge in [0.1, 0.15) is 5.75 Å². The van der Waals surface area contributed by atoms with Crippen LogP contribution in [0.1, 0.15) is 32.3 Å². The summed E-state index contributed by atoms with van der Waals surface area (Å²) >= 11 is 0. The van der Waals surface area contributed by atoms with Gasteiger partial charge in [0.15, 0.2) is 0 Å². The van der Waals surface area contributed by atoms with Crippen molar-refractivity contribution in [1.82, 2.24) is 4.90 Å². The molecule has 1 unspecified atom stereocenters. The molecule has 0 bridgehead atoms. The van der Waals surface area contributed by atoms with Crippen LogP contribution in [-0.4, -0.2) is 40.2 Å². The maximum Gasteiger partial charge on any atom is 0.227 e. The molecule has 1 heterocycles. The van der Waals surface area contributed by atoms with E-state index >= 15 is 0 Å². The molecule has 4 nitrogen and oxygen atoms in total. The van der Waals surface area contributed by atoms with Crippen molar-refractivity contribution in [3.8, 4) is 5.75 Å². The predicted octanol–water partition coefficient (Wildman–Crippen LogP) is 1.94. The van der Waals surface area contributed by atoms with Gasteiger partial charge in [-0.3, -0.25) is 4.79 Å². The molecule has 2 N–H and O–H groups in total. The van der Waals surface area contributed by atoms with E-state index in [1.54, 1.807) is 18.2 Å². The number of aliphatic hydroxyl groups excluding tert-OH is 1. The van der Waals surface area contributed by atoms with Gasteiger partial charge in [-0.25, -0.2) is 0 Å². The zero-order valence-electron chi connectivity index (χ0n) is 12.2. The van der Waals surface area contributed by atoms with Gasteiger partial charge in [0, 0.05) is 13.1 Å². The minimum atomic E-state index is -0.330. The summed E-state index contributed by atoms with van der Waals surface area (Å²) in [7, 11) is 0. The predicted molar refractivity (Wildman–Crippen MR) is 77.4 cm³/mol. The minimum Gasteiger partial charge on any atom is -0.508 e. The van der Waals surface area contributed by atoms with Gasteiger partial charge in [0.2, 0.25) is 5.91 Å². The van der Waals surface area contributed by atoms with Crippen LogP contribution in [0.25, 0.3) is 0 Å². The summed E-state index contributed by atoms with van der Waals surface area (Å²) in [4.78, 5) is 14.2. The van der Waals surface area contributed by atoms with Crippen molar-refractivity contribution >= 4 is 5.91 Å². The normalized spacial score (nSPS) is 22.4. The van der Waals surface area contributed by atoms with Crippen molar-refractivity contribution in [3.05, 3.63) is 29.8 Å². The van der Waals surface area contributed by atoms with Crippen LogP contribution in [0.15, 0.2) is 24.3 Å². The molecular weight excluding hydrogens is 254 g/mol. The fourth-order valence-electron chi connectivity index (χ4n) is 2.87. The third-order valence-electron chi connectivity index (χ3n) is 3.76. The van der Waals surface area contributed by atoms with Gasteiger partial charge in [-0.05, 0) is 36.0 Å². The fourth-order valence-corrected chi connectivity index (χ4v) is 2.87. The Balaban J connectivity index is 2.04.